The van der Waals surface area contributed by atoms with E-state index in [2.05, 4.69) is 15.6 Å². The molecule has 1 unspecified atom stereocenters. The van der Waals surface area contributed by atoms with Gasteiger partial charge in [-0.2, -0.15) is 0 Å². The maximum Gasteiger partial charge on any atom is 0.357 e. The number of aliphatic hydroxyl groups is 1. The Bertz CT molecular complexity index is 977. The second-order valence-electron chi connectivity index (χ2n) is 6.99. The highest BCUT2D eigenvalue weighted by molar-refractivity contribution is 7.16. The first-order chi connectivity index (χ1) is 15.1. The highest BCUT2D eigenvalue weighted by Crippen LogP contribution is 2.30. The van der Waals surface area contributed by atoms with Crippen molar-refractivity contribution >= 4 is 34.3 Å². The summed E-state index contributed by atoms with van der Waals surface area (Å²) in [7, 11) is 2.50. The normalized spacial score (nSPS) is 12.9. The lowest BCUT2D eigenvalue weighted by Gasteiger charge is -2.19. The molecule has 0 fully saturated rings. The van der Waals surface area contributed by atoms with Crippen molar-refractivity contribution in [3.05, 3.63) is 46.0 Å². The highest BCUT2D eigenvalue weighted by Gasteiger charge is 2.28. The summed E-state index contributed by atoms with van der Waals surface area (Å²) in [6.07, 6.45) is -1.93. The van der Waals surface area contributed by atoms with Crippen molar-refractivity contribution in [3.8, 4) is 0 Å². The molecule has 0 saturated heterocycles. The fourth-order valence-electron chi connectivity index (χ4n) is 2.70. The monoisotopic (exact) mass is 471 g/mol. The number of nitrogens with one attached hydrogen (secondary N) is 2. The summed E-state index contributed by atoms with van der Waals surface area (Å²) in [6, 6.07) is 0.928. The van der Waals surface area contributed by atoms with Crippen LogP contribution in [0.4, 0.5) is 13.9 Å². The maximum absolute atomic E-state index is 13.4. The lowest BCUT2D eigenvalue weighted by Crippen LogP contribution is -2.48. The standard InChI is InChI=1S/C20H23F2N3O6S/c1-9(2)16-14(19(29)31-4)24-20(32-16)25-17(27)13(8-30-3)23-18(28)15(26)10-5-11(21)7-12(22)6-10/h5-7,9,13,15,26H,8H2,1-4H3,(H,23,28)(H,24,25,27)/t13-,15?/m0/s1. The van der Waals surface area contributed by atoms with Crippen LogP contribution in [0, 0.1) is 11.6 Å². The maximum atomic E-state index is 13.4. The predicted octanol–water partition coefficient (Wildman–Crippen LogP) is 2.13. The van der Waals surface area contributed by atoms with Gasteiger partial charge in [0.05, 0.1) is 13.7 Å². The minimum Gasteiger partial charge on any atom is -0.464 e. The third-order valence-corrected chi connectivity index (χ3v) is 5.47. The van der Waals surface area contributed by atoms with E-state index in [9.17, 15) is 28.3 Å². The van der Waals surface area contributed by atoms with Crippen LogP contribution in [0.2, 0.25) is 0 Å². The highest BCUT2D eigenvalue weighted by atomic mass is 32.1. The first-order valence-electron chi connectivity index (χ1n) is 9.40. The number of nitrogens with zero attached hydrogens (tertiary/aromatic N) is 1. The summed E-state index contributed by atoms with van der Waals surface area (Å²) >= 11 is 1.07. The lowest BCUT2D eigenvalue weighted by molar-refractivity contribution is -0.133. The van der Waals surface area contributed by atoms with Gasteiger partial charge in [-0.15, -0.1) is 11.3 Å². The number of hydrogen-bond acceptors (Lipinski definition) is 8. The average Bonchev–Trinajstić information content (AvgIpc) is 3.15. The lowest BCUT2D eigenvalue weighted by atomic mass is 10.1. The number of methoxy groups -OCH3 is 2. The first kappa shape index (κ1) is 25.3. The van der Waals surface area contributed by atoms with Gasteiger partial charge in [0.15, 0.2) is 16.9 Å². The molecule has 174 valence electrons. The molecule has 9 nitrogen and oxygen atoms in total. The number of benzene rings is 1. The van der Waals surface area contributed by atoms with Gasteiger partial charge in [0, 0.05) is 18.1 Å². The number of aliphatic hydroxyl groups excluding tert-OH is 1. The molecule has 0 aliphatic carbocycles. The molecular weight excluding hydrogens is 448 g/mol. The second-order valence-corrected chi connectivity index (χ2v) is 8.02. The van der Waals surface area contributed by atoms with Gasteiger partial charge >= 0.3 is 5.97 Å². The van der Waals surface area contributed by atoms with E-state index >= 15 is 0 Å². The molecule has 0 saturated carbocycles. The summed E-state index contributed by atoms with van der Waals surface area (Å²) in [4.78, 5) is 41.7. The Hall–Kier alpha value is -2.96. The largest absolute Gasteiger partial charge is 0.464 e. The molecule has 1 aromatic carbocycles. The van der Waals surface area contributed by atoms with Crippen LogP contribution in [0.5, 0.6) is 0 Å². The molecule has 0 aliphatic heterocycles. The van der Waals surface area contributed by atoms with E-state index in [0.29, 0.717) is 10.9 Å². The van der Waals surface area contributed by atoms with Crippen molar-refractivity contribution in [1.29, 1.82) is 0 Å². The van der Waals surface area contributed by atoms with Crippen molar-refractivity contribution < 1.29 is 37.7 Å². The third kappa shape index (κ3) is 6.28. The molecule has 0 radical (unpaired) electrons. The van der Waals surface area contributed by atoms with E-state index < -0.39 is 41.6 Å². The SMILES string of the molecule is COC[C@H](NC(=O)C(O)c1cc(F)cc(F)c1)C(=O)Nc1nc(C(=O)OC)c(C(C)C)s1. The number of hydrogen-bond donors (Lipinski definition) is 3. The molecule has 12 heteroatoms. The summed E-state index contributed by atoms with van der Waals surface area (Å²) in [5.74, 6) is -4.46. The number of amides is 2. The van der Waals surface area contributed by atoms with E-state index in [1.54, 1.807) is 0 Å². The van der Waals surface area contributed by atoms with Gasteiger partial charge in [-0.3, -0.25) is 9.59 Å². The van der Waals surface area contributed by atoms with Crippen LogP contribution < -0.4 is 10.6 Å². The minimum absolute atomic E-state index is 0.0662. The van der Waals surface area contributed by atoms with Crippen molar-refractivity contribution in [1.82, 2.24) is 10.3 Å². The van der Waals surface area contributed by atoms with Gasteiger partial charge in [-0.1, -0.05) is 13.8 Å². The molecule has 0 aliphatic rings. The number of esters is 1. The number of thiazole rings is 1. The Morgan fingerprint density at radius 3 is 2.28 bits per heavy atom. The molecule has 32 heavy (non-hydrogen) atoms. The van der Waals surface area contributed by atoms with Crippen molar-refractivity contribution in [3.63, 3.8) is 0 Å². The van der Waals surface area contributed by atoms with Crippen LogP contribution in [0.3, 0.4) is 0 Å². The number of rotatable bonds is 9. The summed E-state index contributed by atoms with van der Waals surface area (Å²) < 4.78 is 36.4. The quantitative estimate of drug-likeness (QED) is 0.478. The molecule has 2 rings (SSSR count). The number of carbonyl (C=O) groups excluding carboxylic acids is 3. The number of carbonyl (C=O) groups is 3. The average molecular weight is 471 g/mol. The molecule has 2 amide bonds. The number of aromatic nitrogens is 1. The van der Waals surface area contributed by atoms with Crippen LogP contribution in [0.15, 0.2) is 18.2 Å². The number of ether oxygens (including phenoxy) is 2. The van der Waals surface area contributed by atoms with Gasteiger partial charge in [-0.25, -0.2) is 18.6 Å². The zero-order valence-corrected chi connectivity index (χ0v) is 18.6. The Balaban J connectivity index is 2.17. The van der Waals surface area contributed by atoms with Gasteiger partial charge in [0.25, 0.3) is 11.8 Å². The Labute approximate surface area is 186 Å². The topological polar surface area (TPSA) is 127 Å². The van der Waals surface area contributed by atoms with E-state index in [0.717, 1.165) is 23.5 Å². The van der Waals surface area contributed by atoms with E-state index in [-0.39, 0.29) is 28.9 Å². The van der Waals surface area contributed by atoms with Gasteiger partial charge in [0.2, 0.25) is 0 Å². The molecule has 0 bridgehead atoms. The molecule has 1 aromatic heterocycles. The van der Waals surface area contributed by atoms with Crippen LogP contribution in [-0.4, -0.2) is 54.7 Å². The Morgan fingerprint density at radius 1 is 1.12 bits per heavy atom. The van der Waals surface area contributed by atoms with Crippen LogP contribution in [-0.2, 0) is 19.1 Å². The van der Waals surface area contributed by atoms with Crippen LogP contribution in [0.1, 0.15) is 46.8 Å². The van der Waals surface area contributed by atoms with E-state index in [1.165, 1.54) is 14.2 Å². The van der Waals surface area contributed by atoms with E-state index in [1.807, 2.05) is 13.8 Å². The molecule has 2 atom stereocenters. The number of halogens is 2. The smallest absolute Gasteiger partial charge is 0.357 e. The van der Waals surface area contributed by atoms with Gasteiger partial charge < -0.3 is 25.2 Å². The zero-order valence-electron chi connectivity index (χ0n) is 17.8. The minimum atomic E-state index is -1.93. The number of anilines is 1. The summed E-state index contributed by atoms with van der Waals surface area (Å²) in [5, 5.41) is 15.0. The van der Waals surface area contributed by atoms with E-state index in [4.69, 9.17) is 9.47 Å². The first-order valence-corrected chi connectivity index (χ1v) is 10.2. The Morgan fingerprint density at radius 2 is 1.75 bits per heavy atom. The van der Waals surface area contributed by atoms with Gasteiger partial charge in [0.1, 0.15) is 17.7 Å². The molecule has 2 aromatic rings. The zero-order chi connectivity index (χ0) is 24.0. The van der Waals surface area contributed by atoms with Crippen LogP contribution >= 0.6 is 11.3 Å². The van der Waals surface area contributed by atoms with Crippen LogP contribution in [0.25, 0.3) is 0 Å². The second kappa shape index (κ2) is 11.1. The predicted molar refractivity (Wildman–Crippen MR) is 111 cm³/mol. The molecule has 1 heterocycles. The summed E-state index contributed by atoms with van der Waals surface area (Å²) in [5.41, 5.74) is -0.250. The summed E-state index contributed by atoms with van der Waals surface area (Å²) in [6.45, 7) is 3.42. The molecule has 0 spiro atoms. The fraction of sp³-hybridized carbons (Fsp3) is 0.400. The van der Waals surface area contributed by atoms with Crippen molar-refractivity contribution in [2.45, 2.75) is 31.9 Å². The molecule has 3 N–H and O–H groups in total. The Kier molecular flexibility index (Phi) is 8.75. The van der Waals surface area contributed by atoms with Crippen molar-refractivity contribution in [2.75, 3.05) is 26.1 Å². The van der Waals surface area contributed by atoms with Gasteiger partial charge in [-0.05, 0) is 23.6 Å². The fourth-order valence-corrected chi connectivity index (χ4v) is 3.65. The molecular formula is C20H23F2N3O6S. The van der Waals surface area contributed by atoms with Crippen molar-refractivity contribution in [2.24, 2.45) is 0 Å². The third-order valence-electron chi connectivity index (χ3n) is 4.20.